The highest BCUT2D eigenvalue weighted by molar-refractivity contribution is 7.07. The first-order valence-electron chi connectivity index (χ1n) is 5.47. The zero-order chi connectivity index (χ0) is 13.1. The van der Waals surface area contributed by atoms with Gasteiger partial charge in [-0.1, -0.05) is 0 Å². The zero-order valence-corrected chi connectivity index (χ0v) is 10.9. The molecule has 6 heteroatoms. The Hall–Kier alpha value is -1.95. The molecule has 5 nitrogen and oxygen atoms in total. The Morgan fingerprint density at radius 1 is 1.56 bits per heavy atom. The molecule has 0 bridgehead atoms. The van der Waals surface area contributed by atoms with Gasteiger partial charge >= 0.3 is 0 Å². The van der Waals surface area contributed by atoms with Crippen LogP contribution in [0.25, 0.3) is 0 Å². The Balaban J connectivity index is 2.17. The SMILES string of the molecule is Cc1cc([N+](=O)[O-])cnc1NC(C)c1ccsc1. The van der Waals surface area contributed by atoms with Gasteiger partial charge in [-0.05, 0) is 41.8 Å². The molecule has 0 aromatic carbocycles. The maximum Gasteiger partial charge on any atom is 0.287 e. The van der Waals surface area contributed by atoms with E-state index in [9.17, 15) is 10.1 Å². The predicted octanol–water partition coefficient (Wildman–Crippen LogP) is 3.53. The van der Waals surface area contributed by atoms with Crippen molar-refractivity contribution in [3.05, 3.63) is 50.3 Å². The molecule has 2 aromatic rings. The van der Waals surface area contributed by atoms with E-state index in [0.29, 0.717) is 5.82 Å². The van der Waals surface area contributed by atoms with Crippen molar-refractivity contribution < 1.29 is 4.92 Å². The Kier molecular flexibility index (Phi) is 3.57. The van der Waals surface area contributed by atoms with E-state index in [4.69, 9.17) is 0 Å². The predicted molar refractivity (Wildman–Crippen MR) is 72.0 cm³/mol. The summed E-state index contributed by atoms with van der Waals surface area (Å²) in [6.45, 7) is 3.84. The Morgan fingerprint density at radius 3 is 2.89 bits per heavy atom. The first-order valence-corrected chi connectivity index (χ1v) is 6.42. The number of aryl methyl sites for hydroxylation is 1. The van der Waals surface area contributed by atoms with E-state index in [1.807, 2.05) is 25.3 Å². The molecule has 1 unspecified atom stereocenters. The van der Waals surface area contributed by atoms with Crippen molar-refractivity contribution >= 4 is 22.8 Å². The first-order chi connectivity index (χ1) is 8.58. The van der Waals surface area contributed by atoms with Gasteiger partial charge < -0.3 is 5.32 Å². The summed E-state index contributed by atoms with van der Waals surface area (Å²) in [5.74, 6) is 0.680. The van der Waals surface area contributed by atoms with Gasteiger partial charge in [0.05, 0.1) is 11.0 Å². The number of nitrogens with zero attached hydrogens (tertiary/aromatic N) is 2. The molecular weight excluding hydrogens is 250 g/mol. The zero-order valence-electron chi connectivity index (χ0n) is 10.1. The third kappa shape index (κ3) is 2.65. The lowest BCUT2D eigenvalue weighted by molar-refractivity contribution is -0.385. The van der Waals surface area contributed by atoms with Crippen LogP contribution in [0.2, 0.25) is 0 Å². The second-order valence-corrected chi connectivity index (χ2v) is 4.82. The normalized spacial score (nSPS) is 12.1. The largest absolute Gasteiger partial charge is 0.363 e. The van der Waals surface area contributed by atoms with Crippen molar-refractivity contribution in [1.82, 2.24) is 4.98 Å². The van der Waals surface area contributed by atoms with Crippen LogP contribution in [-0.2, 0) is 0 Å². The molecule has 0 saturated carbocycles. The summed E-state index contributed by atoms with van der Waals surface area (Å²) in [4.78, 5) is 14.3. The van der Waals surface area contributed by atoms with Gasteiger partial charge in [-0.2, -0.15) is 11.3 Å². The monoisotopic (exact) mass is 263 g/mol. The van der Waals surface area contributed by atoms with Crippen LogP contribution in [0.1, 0.15) is 24.1 Å². The molecule has 0 saturated heterocycles. The molecule has 18 heavy (non-hydrogen) atoms. The van der Waals surface area contributed by atoms with Crippen molar-refractivity contribution in [1.29, 1.82) is 0 Å². The molecule has 0 aliphatic rings. The minimum atomic E-state index is -0.438. The smallest absolute Gasteiger partial charge is 0.287 e. The molecule has 1 N–H and O–H groups in total. The van der Waals surface area contributed by atoms with E-state index in [2.05, 4.69) is 15.7 Å². The van der Waals surface area contributed by atoms with Crippen LogP contribution >= 0.6 is 11.3 Å². The van der Waals surface area contributed by atoms with Gasteiger partial charge in [0.25, 0.3) is 5.69 Å². The topological polar surface area (TPSA) is 68.1 Å². The Morgan fingerprint density at radius 2 is 2.33 bits per heavy atom. The van der Waals surface area contributed by atoms with Crippen molar-refractivity contribution in [3.8, 4) is 0 Å². The minimum absolute atomic E-state index is 0.0150. The van der Waals surface area contributed by atoms with Crippen LogP contribution in [0.15, 0.2) is 29.1 Å². The molecule has 2 rings (SSSR count). The standard InChI is InChI=1S/C12H13N3O2S/c1-8-5-11(15(16)17)6-13-12(8)14-9(2)10-3-4-18-7-10/h3-7,9H,1-2H3,(H,13,14). The van der Waals surface area contributed by atoms with Crippen LogP contribution < -0.4 is 5.32 Å². The summed E-state index contributed by atoms with van der Waals surface area (Å²) in [5.41, 5.74) is 1.96. The van der Waals surface area contributed by atoms with E-state index in [-0.39, 0.29) is 11.7 Å². The third-order valence-electron chi connectivity index (χ3n) is 2.67. The van der Waals surface area contributed by atoms with Gasteiger partial charge in [-0.3, -0.25) is 10.1 Å². The van der Waals surface area contributed by atoms with E-state index in [1.165, 1.54) is 17.8 Å². The molecule has 0 aliphatic carbocycles. The van der Waals surface area contributed by atoms with Crippen LogP contribution in [0.3, 0.4) is 0 Å². The quantitative estimate of drug-likeness (QED) is 0.676. The van der Waals surface area contributed by atoms with E-state index in [1.54, 1.807) is 11.3 Å². The maximum absolute atomic E-state index is 10.6. The van der Waals surface area contributed by atoms with Crippen molar-refractivity contribution in [2.75, 3.05) is 5.32 Å². The van der Waals surface area contributed by atoms with Gasteiger partial charge in [0.1, 0.15) is 12.0 Å². The highest BCUT2D eigenvalue weighted by Crippen LogP contribution is 2.24. The van der Waals surface area contributed by atoms with Gasteiger partial charge in [0, 0.05) is 6.07 Å². The Bertz CT molecular complexity index is 554. The van der Waals surface area contributed by atoms with Crippen molar-refractivity contribution in [2.45, 2.75) is 19.9 Å². The van der Waals surface area contributed by atoms with Gasteiger partial charge in [0.2, 0.25) is 0 Å². The van der Waals surface area contributed by atoms with Crippen LogP contribution in [0.4, 0.5) is 11.5 Å². The fraction of sp³-hybridized carbons (Fsp3) is 0.250. The molecule has 2 aromatic heterocycles. The fourth-order valence-electron chi connectivity index (χ4n) is 1.62. The number of hydrogen-bond donors (Lipinski definition) is 1. The number of aromatic nitrogens is 1. The summed E-state index contributed by atoms with van der Waals surface area (Å²) in [7, 11) is 0. The van der Waals surface area contributed by atoms with Crippen LogP contribution in [0, 0.1) is 17.0 Å². The fourth-order valence-corrected chi connectivity index (χ4v) is 2.37. The number of pyridine rings is 1. The minimum Gasteiger partial charge on any atom is -0.363 e. The lowest BCUT2D eigenvalue weighted by Crippen LogP contribution is -2.08. The number of nitro groups is 1. The van der Waals surface area contributed by atoms with E-state index < -0.39 is 4.92 Å². The summed E-state index contributed by atoms with van der Waals surface area (Å²) < 4.78 is 0. The van der Waals surface area contributed by atoms with Crippen LogP contribution in [0.5, 0.6) is 0 Å². The lowest BCUT2D eigenvalue weighted by atomic mass is 10.1. The summed E-state index contributed by atoms with van der Waals surface area (Å²) in [6.07, 6.45) is 1.27. The van der Waals surface area contributed by atoms with Crippen LogP contribution in [-0.4, -0.2) is 9.91 Å². The van der Waals surface area contributed by atoms with Crippen molar-refractivity contribution in [3.63, 3.8) is 0 Å². The Labute approximate surface area is 109 Å². The third-order valence-corrected chi connectivity index (χ3v) is 3.37. The molecule has 0 radical (unpaired) electrons. The van der Waals surface area contributed by atoms with E-state index in [0.717, 1.165) is 5.56 Å². The average Bonchev–Trinajstić information content (AvgIpc) is 2.85. The average molecular weight is 263 g/mol. The first kappa shape index (κ1) is 12.5. The summed E-state index contributed by atoms with van der Waals surface area (Å²) in [6, 6.07) is 3.70. The lowest BCUT2D eigenvalue weighted by Gasteiger charge is -2.14. The number of anilines is 1. The van der Waals surface area contributed by atoms with E-state index >= 15 is 0 Å². The molecular formula is C12H13N3O2S. The summed E-state index contributed by atoms with van der Waals surface area (Å²) >= 11 is 1.64. The number of rotatable bonds is 4. The number of hydrogen-bond acceptors (Lipinski definition) is 5. The number of nitrogens with one attached hydrogen (secondary N) is 1. The summed E-state index contributed by atoms with van der Waals surface area (Å²) in [5, 5.41) is 18.0. The molecule has 0 amide bonds. The molecule has 0 fully saturated rings. The second-order valence-electron chi connectivity index (χ2n) is 4.04. The van der Waals surface area contributed by atoms with Gasteiger partial charge in [-0.25, -0.2) is 4.98 Å². The van der Waals surface area contributed by atoms with Crippen molar-refractivity contribution in [2.24, 2.45) is 0 Å². The molecule has 94 valence electrons. The highest BCUT2D eigenvalue weighted by atomic mass is 32.1. The highest BCUT2D eigenvalue weighted by Gasteiger charge is 2.12. The maximum atomic E-state index is 10.6. The van der Waals surface area contributed by atoms with Gasteiger partial charge in [-0.15, -0.1) is 0 Å². The molecule has 0 aliphatic heterocycles. The molecule has 2 heterocycles. The second kappa shape index (κ2) is 5.14. The number of thiophene rings is 1. The molecule has 1 atom stereocenters. The van der Waals surface area contributed by atoms with Gasteiger partial charge in [0.15, 0.2) is 0 Å². The molecule has 0 spiro atoms.